The number of piperidine rings is 1. The Morgan fingerprint density at radius 3 is 2.86 bits per heavy atom. The second-order valence-corrected chi connectivity index (χ2v) is 6.72. The summed E-state index contributed by atoms with van der Waals surface area (Å²) in [6, 6.07) is 6.15. The fourth-order valence-electron chi connectivity index (χ4n) is 4.41. The molecule has 2 saturated heterocycles. The summed E-state index contributed by atoms with van der Waals surface area (Å²) in [6.07, 6.45) is 1.40. The minimum atomic E-state index is -0.459. The van der Waals surface area contributed by atoms with Gasteiger partial charge in [-0.1, -0.05) is 6.07 Å². The molecule has 0 radical (unpaired) electrons. The number of rotatable bonds is 3. The quantitative estimate of drug-likeness (QED) is 0.857. The number of likely N-dealkylation sites (tertiary alicyclic amines) is 1. The maximum atomic E-state index is 10.8. The molecule has 0 spiro atoms. The molecule has 1 N–H and O–H groups in total. The minimum Gasteiger partial charge on any atom is -0.497 e. The molecular weight excluding hydrogens is 282 g/mol. The highest BCUT2D eigenvalue weighted by Gasteiger charge is 2.61. The highest BCUT2D eigenvalue weighted by Crippen LogP contribution is 2.56. The Morgan fingerprint density at radius 1 is 1.36 bits per heavy atom. The minimum absolute atomic E-state index is 0.0760. The molecule has 0 aromatic heterocycles. The third-order valence-corrected chi connectivity index (χ3v) is 5.76. The van der Waals surface area contributed by atoms with Crippen LogP contribution in [0.25, 0.3) is 0 Å². The second-order valence-electron chi connectivity index (χ2n) is 6.72. The molecule has 5 heteroatoms. The van der Waals surface area contributed by atoms with Crippen LogP contribution in [-0.2, 0) is 14.9 Å². The van der Waals surface area contributed by atoms with E-state index >= 15 is 0 Å². The van der Waals surface area contributed by atoms with E-state index in [0.717, 1.165) is 30.7 Å². The molecule has 5 nitrogen and oxygen atoms in total. The lowest BCUT2D eigenvalue weighted by molar-refractivity contribution is -0.0115. The number of methoxy groups -OCH3 is 2. The fourth-order valence-corrected chi connectivity index (χ4v) is 4.41. The van der Waals surface area contributed by atoms with Gasteiger partial charge in [0.05, 0.1) is 13.2 Å². The number of nitrogens with zero attached hydrogens (tertiary/aromatic N) is 1. The lowest BCUT2D eigenvalue weighted by Crippen LogP contribution is -2.56. The Bertz CT molecular complexity index is 592. The predicted molar refractivity (Wildman–Crippen MR) is 81.0 cm³/mol. The summed E-state index contributed by atoms with van der Waals surface area (Å²) < 4.78 is 16.6. The van der Waals surface area contributed by atoms with Gasteiger partial charge in [0.25, 0.3) is 0 Å². The van der Waals surface area contributed by atoms with Crippen molar-refractivity contribution in [1.29, 1.82) is 0 Å². The average Bonchev–Trinajstić information content (AvgIpc) is 3.34. The summed E-state index contributed by atoms with van der Waals surface area (Å²) in [5.41, 5.74) is 2.10. The lowest BCUT2D eigenvalue weighted by Gasteiger charge is -2.51. The SMILES string of the molecule is COc1ccc2c(c1)C1(C3OC3OC)CCN(C)C(C1)C2O. The molecule has 3 aliphatic rings. The van der Waals surface area contributed by atoms with Crippen molar-refractivity contribution in [3.8, 4) is 5.75 Å². The van der Waals surface area contributed by atoms with E-state index in [1.807, 2.05) is 12.1 Å². The van der Waals surface area contributed by atoms with Gasteiger partial charge in [-0.3, -0.25) is 0 Å². The van der Waals surface area contributed by atoms with Gasteiger partial charge in [0.2, 0.25) is 0 Å². The van der Waals surface area contributed by atoms with E-state index in [2.05, 4.69) is 18.0 Å². The third-order valence-electron chi connectivity index (χ3n) is 5.76. The van der Waals surface area contributed by atoms with Crippen molar-refractivity contribution in [3.63, 3.8) is 0 Å². The van der Waals surface area contributed by atoms with E-state index in [9.17, 15) is 5.11 Å². The van der Waals surface area contributed by atoms with Crippen molar-refractivity contribution in [1.82, 2.24) is 4.90 Å². The molecule has 1 aliphatic carbocycles. The fraction of sp³-hybridized carbons (Fsp3) is 0.647. The standard InChI is InChI=1S/C17H23NO4/c1-18-7-6-17(15-16(21-3)22-15)9-13(18)14(19)11-5-4-10(20-2)8-12(11)17/h4-5,8,13-16,19H,6-7,9H2,1-3H3. The summed E-state index contributed by atoms with van der Waals surface area (Å²) in [7, 11) is 5.46. The van der Waals surface area contributed by atoms with Crippen LogP contribution in [0.3, 0.4) is 0 Å². The highest BCUT2D eigenvalue weighted by molar-refractivity contribution is 5.47. The first kappa shape index (κ1) is 14.5. The number of hydrogen-bond acceptors (Lipinski definition) is 5. The van der Waals surface area contributed by atoms with Gasteiger partial charge in [0.15, 0.2) is 6.29 Å². The van der Waals surface area contributed by atoms with Gasteiger partial charge in [-0.05, 0) is 49.7 Å². The number of epoxide rings is 1. The highest BCUT2D eigenvalue weighted by atomic mass is 16.8. The van der Waals surface area contributed by atoms with E-state index in [1.54, 1.807) is 14.2 Å². The predicted octanol–water partition coefficient (Wildman–Crippen LogP) is 1.45. The number of ether oxygens (including phenoxy) is 3. The zero-order valence-electron chi connectivity index (χ0n) is 13.3. The topological polar surface area (TPSA) is 54.5 Å². The summed E-state index contributed by atoms with van der Waals surface area (Å²) in [5.74, 6) is 0.831. The zero-order valence-corrected chi connectivity index (χ0v) is 13.3. The van der Waals surface area contributed by atoms with Gasteiger partial charge < -0.3 is 24.2 Å². The zero-order chi connectivity index (χ0) is 15.5. The van der Waals surface area contributed by atoms with E-state index in [4.69, 9.17) is 14.2 Å². The van der Waals surface area contributed by atoms with Crippen molar-refractivity contribution < 1.29 is 19.3 Å². The van der Waals surface area contributed by atoms with E-state index in [-0.39, 0.29) is 23.9 Å². The first-order valence-electron chi connectivity index (χ1n) is 7.85. The largest absolute Gasteiger partial charge is 0.497 e. The lowest BCUT2D eigenvalue weighted by atomic mass is 9.61. The number of aliphatic hydroxyl groups is 1. The third kappa shape index (κ3) is 1.86. The van der Waals surface area contributed by atoms with Crippen LogP contribution in [0.1, 0.15) is 30.1 Å². The van der Waals surface area contributed by atoms with Crippen molar-refractivity contribution in [2.24, 2.45) is 0 Å². The number of aliphatic hydroxyl groups excluding tert-OH is 1. The van der Waals surface area contributed by atoms with Crippen molar-refractivity contribution in [3.05, 3.63) is 29.3 Å². The summed E-state index contributed by atoms with van der Waals surface area (Å²) in [4.78, 5) is 2.26. The number of likely N-dealkylation sites (N-methyl/N-ethyl adjacent to an activating group) is 1. The van der Waals surface area contributed by atoms with Gasteiger partial charge in [0, 0.05) is 18.6 Å². The Hall–Kier alpha value is -1.14. The molecule has 4 rings (SSSR count). The maximum Gasteiger partial charge on any atom is 0.184 e. The van der Waals surface area contributed by atoms with Crippen molar-refractivity contribution >= 4 is 0 Å². The van der Waals surface area contributed by atoms with Crippen molar-refractivity contribution in [2.45, 2.75) is 42.8 Å². The van der Waals surface area contributed by atoms with E-state index in [1.165, 1.54) is 5.56 Å². The van der Waals surface area contributed by atoms with Crippen LogP contribution in [0, 0.1) is 0 Å². The summed E-state index contributed by atoms with van der Waals surface area (Å²) >= 11 is 0. The molecule has 2 bridgehead atoms. The van der Waals surface area contributed by atoms with E-state index < -0.39 is 6.10 Å². The van der Waals surface area contributed by atoms with Crippen LogP contribution < -0.4 is 4.74 Å². The van der Waals surface area contributed by atoms with Gasteiger partial charge in [-0.25, -0.2) is 0 Å². The van der Waals surface area contributed by atoms with Crippen LogP contribution in [0.2, 0.25) is 0 Å². The molecule has 2 aliphatic heterocycles. The Kier molecular flexibility index (Phi) is 3.24. The number of benzene rings is 1. The molecule has 5 atom stereocenters. The van der Waals surface area contributed by atoms with E-state index in [0.29, 0.717) is 0 Å². The molecular formula is C17H23NO4. The molecule has 2 heterocycles. The molecule has 0 amide bonds. The first-order valence-corrected chi connectivity index (χ1v) is 7.85. The molecule has 2 fully saturated rings. The van der Waals surface area contributed by atoms with Gasteiger partial charge in [-0.2, -0.15) is 0 Å². The molecule has 0 saturated carbocycles. The number of fused-ring (bicyclic) bond motifs is 4. The summed E-state index contributed by atoms with van der Waals surface area (Å²) in [6.45, 7) is 0.953. The van der Waals surface area contributed by atoms with Crippen LogP contribution >= 0.6 is 0 Å². The Balaban J connectivity index is 1.85. The molecule has 22 heavy (non-hydrogen) atoms. The average molecular weight is 305 g/mol. The Labute approximate surface area is 130 Å². The monoisotopic (exact) mass is 305 g/mol. The Morgan fingerprint density at radius 2 is 2.18 bits per heavy atom. The van der Waals surface area contributed by atoms with Crippen LogP contribution in [0.5, 0.6) is 5.75 Å². The molecule has 1 aromatic rings. The number of hydrogen-bond donors (Lipinski definition) is 1. The first-order chi connectivity index (χ1) is 10.6. The maximum absolute atomic E-state index is 10.8. The molecule has 120 valence electrons. The van der Waals surface area contributed by atoms with Crippen LogP contribution in [0.15, 0.2) is 18.2 Å². The molecule has 1 aromatic carbocycles. The van der Waals surface area contributed by atoms with Gasteiger partial charge in [0.1, 0.15) is 11.9 Å². The normalized spacial score (nSPS) is 40.2. The van der Waals surface area contributed by atoms with Crippen LogP contribution in [-0.4, -0.2) is 56.3 Å². The molecule has 5 unspecified atom stereocenters. The summed E-state index contributed by atoms with van der Waals surface area (Å²) in [5, 5.41) is 10.8. The van der Waals surface area contributed by atoms with Gasteiger partial charge >= 0.3 is 0 Å². The smallest absolute Gasteiger partial charge is 0.184 e. The van der Waals surface area contributed by atoms with Crippen LogP contribution in [0.4, 0.5) is 0 Å². The second kappa shape index (κ2) is 4.93. The van der Waals surface area contributed by atoms with Crippen molar-refractivity contribution in [2.75, 3.05) is 27.8 Å². The van der Waals surface area contributed by atoms with Gasteiger partial charge in [-0.15, -0.1) is 0 Å².